The number of fused-ring (bicyclic) bond motifs is 1. The molecule has 0 fully saturated rings. The molecule has 0 radical (unpaired) electrons. The van der Waals surface area contributed by atoms with E-state index < -0.39 is 0 Å². The summed E-state index contributed by atoms with van der Waals surface area (Å²) in [6, 6.07) is 7.50. The first kappa shape index (κ1) is 15.1. The van der Waals surface area contributed by atoms with Crippen LogP contribution < -0.4 is 11.3 Å². The molecule has 0 saturated heterocycles. The Morgan fingerprint density at radius 2 is 1.91 bits per heavy atom. The molecule has 1 heterocycles. The average Bonchev–Trinajstić information content (AvgIpc) is 2.66. The Balaban J connectivity index is 2.18. The second-order valence-electron chi connectivity index (χ2n) is 5.91. The van der Waals surface area contributed by atoms with Crippen LogP contribution in [-0.4, -0.2) is 29.2 Å². The lowest BCUT2D eigenvalue weighted by molar-refractivity contribution is 0.512. The number of nitrogens with one attached hydrogen (secondary N) is 1. The number of nitrogens with zero attached hydrogens (tertiary/aromatic N) is 2. The Bertz CT molecular complexity index is 916. The highest BCUT2D eigenvalue weighted by Gasteiger charge is 2.15. The zero-order valence-electron chi connectivity index (χ0n) is 13.6. The summed E-state index contributed by atoms with van der Waals surface area (Å²) in [5.74, 6) is 0. The molecule has 0 aliphatic heterocycles. The van der Waals surface area contributed by atoms with Crippen LogP contribution in [0.3, 0.4) is 0 Å². The molecule has 1 aliphatic carbocycles. The smallest absolute Gasteiger partial charge is 0.272 e. The van der Waals surface area contributed by atoms with E-state index in [1.54, 1.807) is 0 Å². The van der Waals surface area contributed by atoms with Crippen LogP contribution >= 0.6 is 0 Å². The molecule has 118 valence electrons. The van der Waals surface area contributed by atoms with Crippen molar-refractivity contribution in [1.29, 1.82) is 0 Å². The maximum absolute atomic E-state index is 12.0. The molecule has 3 N–H and O–H groups in total. The number of H-pyrrole nitrogens is 1. The fourth-order valence-electron chi connectivity index (χ4n) is 3.07. The molecule has 5 nitrogen and oxygen atoms in total. The minimum Gasteiger partial charge on any atom is -0.400 e. The molecular formula is C18H20N4O. The summed E-state index contributed by atoms with van der Waals surface area (Å²) in [4.78, 5) is 14.0. The fourth-order valence-corrected chi connectivity index (χ4v) is 3.07. The van der Waals surface area contributed by atoms with E-state index in [2.05, 4.69) is 22.3 Å². The van der Waals surface area contributed by atoms with Crippen LogP contribution in [0.25, 0.3) is 16.3 Å². The van der Waals surface area contributed by atoms with Crippen LogP contribution in [0.5, 0.6) is 0 Å². The van der Waals surface area contributed by atoms with E-state index in [1.165, 1.54) is 0 Å². The van der Waals surface area contributed by atoms with E-state index in [4.69, 9.17) is 5.73 Å². The van der Waals surface area contributed by atoms with Gasteiger partial charge in [0.15, 0.2) is 0 Å². The van der Waals surface area contributed by atoms with E-state index in [1.807, 2.05) is 50.2 Å². The van der Waals surface area contributed by atoms with E-state index >= 15 is 0 Å². The van der Waals surface area contributed by atoms with Gasteiger partial charge in [0.2, 0.25) is 0 Å². The van der Waals surface area contributed by atoms with E-state index in [-0.39, 0.29) is 5.56 Å². The largest absolute Gasteiger partial charge is 0.400 e. The number of hydrogen-bond acceptors (Lipinski definition) is 4. The van der Waals surface area contributed by atoms with Crippen molar-refractivity contribution < 1.29 is 0 Å². The number of allylic oxidation sites excluding steroid dienone is 4. The summed E-state index contributed by atoms with van der Waals surface area (Å²) in [6.07, 6.45) is 4.77. The predicted molar refractivity (Wildman–Crippen MR) is 93.6 cm³/mol. The zero-order valence-corrected chi connectivity index (χ0v) is 13.6. The van der Waals surface area contributed by atoms with Crippen molar-refractivity contribution in [2.45, 2.75) is 13.3 Å². The molecule has 0 unspecified atom stereocenters. The Kier molecular flexibility index (Phi) is 3.78. The highest BCUT2D eigenvalue weighted by molar-refractivity contribution is 5.94. The Labute approximate surface area is 134 Å². The molecule has 0 saturated carbocycles. The lowest BCUT2D eigenvalue weighted by atomic mass is 10.0. The van der Waals surface area contributed by atoms with E-state index in [0.29, 0.717) is 11.8 Å². The van der Waals surface area contributed by atoms with Gasteiger partial charge in [-0.15, -0.1) is 0 Å². The van der Waals surface area contributed by atoms with Crippen molar-refractivity contribution >= 4 is 16.3 Å². The topological polar surface area (TPSA) is 75.0 Å². The lowest BCUT2D eigenvalue weighted by Gasteiger charge is -2.19. The van der Waals surface area contributed by atoms with Crippen molar-refractivity contribution in [3.8, 4) is 0 Å². The van der Waals surface area contributed by atoms with Gasteiger partial charge in [-0.1, -0.05) is 24.3 Å². The first-order valence-corrected chi connectivity index (χ1v) is 7.51. The van der Waals surface area contributed by atoms with Gasteiger partial charge in [-0.05, 0) is 30.2 Å². The van der Waals surface area contributed by atoms with Gasteiger partial charge in [0, 0.05) is 31.6 Å². The van der Waals surface area contributed by atoms with Crippen molar-refractivity contribution in [3.05, 3.63) is 69.4 Å². The normalized spacial score (nSPS) is 15.3. The maximum atomic E-state index is 12.0. The van der Waals surface area contributed by atoms with Gasteiger partial charge >= 0.3 is 0 Å². The summed E-state index contributed by atoms with van der Waals surface area (Å²) in [5, 5.41) is 8.35. The van der Waals surface area contributed by atoms with E-state index in [9.17, 15) is 4.79 Å². The molecule has 5 heteroatoms. The van der Waals surface area contributed by atoms with E-state index in [0.717, 1.165) is 33.6 Å². The summed E-state index contributed by atoms with van der Waals surface area (Å²) in [5.41, 5.74) is 10.7. The third-order valence-electron chi connectivity index (χ3n) is 4.01. The van der Waals surface area contributed by atoms with Gasteiger partial charge in [-0.25, -0.2) is 5.10 Å². The van der Waals surface area contributed by atoms with Crippen LogP contribution in [0, 0.1) is 0 Å². The summed E-state index contributed by atoms with van der Waals surface area (Å²) < 4.78 is 0. The molecule has 1 aliphatic rings. The molecule has 0 amide bonds. The van der Waals surface area contributed by atoms with Gasteiger partial charge in [0.1, 0.15) is 0 Å². The van der Waals surface area contributed by atoms with Crippen molar-refractivity contribution in [1.82, 2.24) is 15.1 Å². The standard InChI is InChI=1S/C18H20N4O/c1-11-10-12(8-9-15(19)17(11)22(2)3)16-13-6-4-5-7-14(13)18(23)21-20-16/h4-8,10H,9,19H2,1-3H3,(H,21,23). The molecule has 3 rings (SSSR count). The highest BCUT2D eigenvalue weighted by Crippen LogP contribution is 2.29. The number of rotatable bonds is 2. The SMILES string of the molecule is CC1=CC(c2n[nH]c(=O)c3ccccc23)=CCC(N)=C1N(C)C. The second-order valence-corrected chi connectivity index (χ2v) is 5.91. The maximum Gasteiger partial charge on any atom is 0.272 e. The molecule has 23 heavy (non-hydrogen) atoms. The number of aromatic nitrogens is 2. The monoisotopic (exact) mass is 308 g/mol. The van der Waals surface area contributed by atoms with Crippen molar-refractivity contribution in [2.75, 3.05) is 14.1 Å². The van der Waals surface area contributed by atoms with Crippen LogP contribution in [0.15, 0.2) is 58.2 Å². The van der Waals surface area contributed by atoms with Crippen LogP contribution in [0.4, 0.5) is 0 Å². The molecule has 1 aromatic carbocycles. The van der Waals surface area contributed by atoms with Gasteiger partial charge in [-0.2, -0.15) is 5.10 Å². The third-order valence-corrected chi connectivity index (χ3v) is 4.01. The average molecular weight is 308 g/mol. The number of aromatic amines is 1. The van der Waals surface area contributed by atoms with Gasteiger partial charge in [0.25, 0.3) is 5.56 Å². The summed E-state index contributed by atoms with van der Waals surface area (Å²) in [7, 11) is 3.97. The molecule has 1 aromatic heterocycles. The quantitative estimate of drug-likeness (QED) is 0.893. The van der Waals surface area contributed by atoms with Gasteiger partial charge in [0.05, 0.1) is 16.8 Å². The Hall–Kier alpha value is -2.82. The number of benzene rings is 1. The van der Waals surface area contributed by atoms with Crippen LogP contribution in [0.2, 0.25) is 0 Å². The van der Waals surface area contributed by atoms with Gasteiger partial charge < -0.3 is 10.6 Å². The molecule has 0 bridgehead atoms. The molecule has 2 aromatic rings. The van der Waals surface area contributed by atoms with Gasteiger partial charge in [-0.3, -0.25) is 4.79 Å². The lowest BCUT2D eigenvalue weighted by Crippen LogP contribution is -2.17. The summed E-state index contributed by atoms with van der Waals surface area (Å²) >= 11 is 0. The fraction of sp³-hybridized carbons (Fsp3) is 0.222. The first-order valence-electron chi connectivity index (χ1n) is 7.51. The summed E-state index contributed by atoms with van der Waals surface area (Å²) in [6.45, 7) is 2.04. The van der Waals surface area contributed by atoms with Crippen LogP contribution in [0.1, 0.15) is 19.0 Å². The number of hydrogen-bond donors (Lipinski definition) is 2. The Morgan fingerprint density at radius 1 is 1.22 bits per heavy atom. The zero-order chi connectivity index (χ0) is 16.6. The number of likely N-dealkylation sites (N-methyl/N-ethyl adjacent to an activating group) is 1. The van der Waals surface area contributed by atoms with Crippen molar-refractivity contribution in [2.24, 2.45) is 5.73 Å². The highest BCUT2D eigenvalue weighted by atomic mass is 16.1. The van der Waals surface area contributed by atoms with Crippen LogP contribution in [-0.2, 0) is 0 Å². The van der Waals surface area contributed by atoms with Crippen molar-refractivity contribution in [3.63, 3.8) is 0 Å². The molecule has 0 atom stereocenters. The Morgan fingerprint density at radius 3 is 2.61 bits per heavy atom. The molecular weight excluding hydrogens is 288 g/mol. The first-order chi connectivity index (χ1) is 11.0. The second kappa shape index (κ2) is 5.76. The third kappa shape index (κ3) is 2.65. The minimum absolute atomic E-state index is 0.175. The predicted octanol–water partition coefficient (Wildman–Crippen LogP) is 2.39. The minimum atomic E-state index is -0.175. The molecule has 0 spiro atoms. The number of nitrogens with two attached hydrogens (primary N) is 1.